The average molecular weight is 453 g/mol. The molecule has 0 atom stereocenters. The second-order valence-corrected chi connectivity index (χ2v) is 11.6. The number of rotatable bonds is 3. The molecule has 0 saturated carbocycles. The van der Waals surface area contributed by atoms with E-state index in [9.17, 15) is 4.79 Å². The molecular formula is C32H36O2. The third-order valence-electron chi connectivity index (χ3n) is 7.45. The maximum absolute atomic E-state index is 13.2. The SMILES string of the molecule is C=C(C)C(=O)OC1(c2ccccc2)c2ccccc2C(C(C)(C)C)(C(C)(C)C)c2ccccc21. The first-order chi connectivity index (χ1) is 15.9. The Morgan fingerprint density at radius 1 is 0.676 bits per heavy atom. The minimum atomic E-state index is -1.08. The van der Waals surface area contributed by atoms with E-state index in [2.05, 4.69) is 109 Å². The lowest BCUT2D eigenvalue weighted by molar-refractivity contribution is -0.149. The summed E-state index contributed by atoms with van der Waals surface area (Å²) in [5, 5.41) is 0. The van der Waals surface area contributed by atoms with Crippen molar-refractivity contribution in [3.8, 4) is 0 Å². The molecule has 0 N–H and O–H groups in total. The fraction of sp³-hybridized carbons (Fsp3) is 0.344. The Labute approximate surface area is 204 Å². The van der Waals surface area contributed by atoms with E-state index >= 15 is 0 Å². The summed E-state index contributed by atoms with van der Waals surface area (Å²) in [4.78, 5) is 13.2. The van der Waals surface area contributed by atoms with Gasteiger partial charge in [0.2, 0.25) is 0 Å². The Balaban J connectivity index is 2.26. The van der Waals surface area contributed by atoms with Gasteiger partial charge in [-0.1, -0.05) is 127 Å². The number of benzene rings is 3. The molecule has 34 heavy (non-hydrogen) atoms. The molecule has 1 aliphatic rings. The van der Waals surface area contributed by atoms with Gasteiger partial charge < -0.3 is 4.74 Å². The summed E-state index contributed by atoms with van der Waals surface area (Å²) in [6.07, 6.45) is 0. The summed E-state index contributed by atoms with van der Waals surface area (Å²) in [5.74, 6) is -0.396. The van der Waals surface area contributed by atoms with E-state index in [0.717, 1.165) is 16.7 Å². The van der Waals surface area contributed by atoms with Gasteiger partial charge in [0.15, 0.2) is 5.60 Å². The molecular weight excluding hydrogens is 416 g/mol. The fourth-order valence-corrected chi connectivity index (χ4v) is 6.64. The van der Waals surface area contributed by atoms with Gasteiger partial charge in [-0.15, -0.1) is 0 Å². The van der Waals surface area contributed by atoms with Gasteiger partial charge in [0.05, 0.1) is 0 Å². The van der Waals surface area contributed by atoms with E-state index in [1.807, 2.05) is 18.2 Å². The number of esters is 1. The Morgan fingerprint density at radius 3 is 1.44 bits per heavy atom. The van der Waals surface area contributed by atoms with Crippen molar-refractivity contribution in [3.05, 3.63) is 119 Å². The highest BCUT2D eigenvalue weighted by Gasteiger charge is 2.61. The average Bonchev–Trinajstić information content (AvgIpc) is 2.77. The first-order valence-corrected chi connectivity index (χ1v) is 12.0. The number of hydrogen-bond donors (Lipinski definition) is 0. The third kappa shape index (κ3) is 3.19. The topological polar surface area (TPSA) is 26.3 Å². The molecule has 0 radical (unpaired) electrons. The van der Waals surface area contributed by atoms with Crippen LogP contribution >= 0.6 is 0 Å². The van der Waals surface area contributed by atoms with Crippen LogP contribution in [0, 0.1) is 10.8 Å². The van der Waals surface area contributed by atoms with Gasteiger partial charge in [0.25, 0.3) is 0 Å². The van der Waals surface area contributed by atoms with Crippen molar-refractivity contribution in [2.45, 2.75) is 59.5 Å². The Hall–Kier alpha value is -3.13. The summed E-state index contributed by atoms with van der Waals surface area (Å²) in [6.45, 7) is 19.5. The lowest BCUT2D eigenvalue weighted by atomic mass is 9.44. The second kappa shape index (κ2) is 7.98. The van der Waals surface area contributed by atoms with Gasteiger partial charge in [0.1, 0.15) is 0 Å². The highest BCUT2D eigenvalue weighted by molar-refractivity contribution is 5.88. The van der Waals surface area contributed by atoms with E-state index in [-0.39, 0.29) is 16.2 Å². The van der Waals surface area contributed by atoms with Gasteiger partial charge in [-0.2, -0.15) is 0 Å². The van der Waals surface area contributed by atoms with E-state index in [1.54, 1.807) is 6.92 Å². The summed E-state index contributed by atoms with van der Waals surface area (Å²) >= 11 is 0. The molecule has 1 aliphatic carbocycles. The summed E-state index contributed by atoms with van der Waals surface area (Å²) in [6, 6.07) is 27.2. The van der Waals surface area contributed by atoms with Crippen LogP contribution in [0.4, 0.5) is 0 Å². The number of ether oxygens (including phenoxy) is 1. The first kappa shape index (κ1) is 24.0. The molecule has 0 bridgehead atoms. The van der Waals surface area contributed by atoms with E-state index < -0.39 is 11.6 Å². The lowest BCUT2D eigenvalue weighted by Gasteiger charge is -2.60. The maximum Gasteiger partial charge on any atom is 0.334 e. The molecule has 0 aliphatic heterocycles. The van der Waals surface area contributed by atoms with Crippen molar-refractivity contribution in [3.63, 3.8) is 0 Å². The largest absolute Gasteiger partial charge is 0.441 e. The van der Waals surface area contributed by atoms with E-state index in [0.29, 0.717) is 5.57 Å². The van der Waals surface area contributed by atoms with Gasteiger partial charge in [-0.3, -0.25) is 0 Å². The molecule has 176 valence electrons. The molecule has 0 heterocycles. The molecule has 0 amide bonds. The predicted molar refractivity (Wildman–Crippen MR) is 140 cm³/mol. The lowest BCUT2D eigenvalue weighted by Crippen LogP contribution is -2.57. The van der Waals surface area contributed by atoms with E-state index in [1.165, 1.54) is 11.1 Å². The van der Waals surface area contributed by atoms with Crippen molar-refractivity contribution >= 4 is 5.97 Å². The monoisotopic (exact) mass is 452 g/mol. The molecule has 0 fully saturated rings. The summed E-state index contributed by atoms with van der Waals surface area (Å²) in [7, 11) is 0. The fourth-order valence-electron chi connectivity index (χ4n) is 6.64. The Morgan fingerprint density at radius 2 is 1.06 bits per heavy atom. The quantitative estimate of drug-likeness (QED) is 0.299. The second-order valence-electron chi connectivity index (χ2n) is 11.6. The highest BCUT2D eigenvalue weighted by Crippen LogP contribution is 2.64. The van der Waals surface area contributed by atoms with Crippen LogP contribution in [0.2, 0.25) is 0 Å². The molecule has 3 aromatic carbocycles. The number of carbonyl (C=O) groups is 1. The van der Waals surface area contributed by atoms with Crippen LogP contribution in [-0.4, -0.2) is 5.97 Å². The minimum absolute atomic E-state index is 0.126. The smallest absolute Gasteiger partial charge is 0.334 e. The van der Waals surface area contributed by atoms with Crippen molar-refractivity contribution in [2.24, 2.45) is 10.8 Å². The van der Waals surface area contributed by atoms with Crippen LogP contribution in [0.1, 0.15) is 76.3 Å². The number of fused-ring (bicyclic) bond motifs is 2. The highest BCUT2D eigenvalue weighted by atomic mass is 16.6. The zero-order valence-corrected chi connectivity index (χ0v) is 21.5. The van der Waals surface area contributed by atoms with Gasteiger partial charge >= 0.3 is 5.97 Å². The molecule has 2 nitrogen and oxygen atoms in total. The molecule has 0 unspecified atom stereocenters. The van der Waals surface area contributed by atoms with Gasteiger partial charge in [-0.05, 0) is 28.9 Å². The molecule has 0 spiro atoms. The predicted octanol–water partition coefficient (Wildman–Crippen LogP) is 7.79. The normalized spacial score (nSPS) is 16.2. The summed E-state index contributed by atoms with van der Waals surface area (Å²) < 4.78 is 6.56. The Kier molecular flexibility index (Phi) is 5.63. The van der Waals surface area contributed by atoms with E-state index in [4.69, 9.17) is 4.74 Å². The van der Waals surface area contributed by atoms with Crippen molar-refractivity contribution in [1.29, 1.82) is 0 Å². The third-order valence-corrected chi connectivity index (χ3v) is 7.45. The molecule has 0 saturated heterocycles. The first-order valence-electron chi connectivity index (χ1n) is 12.0. The summed E-state index contributed by atoms with van der Waals surface area (Å²) in [5.41, 5.74) is 4.08. The maximum atomic E-state index is 13.2. The van der Waals surface area contributed by atoms with Crippen molar-refractivity contribution in [1.82, 2.24) is 0 Å². The van der Waals surface area contributed by atoms with Crippen LogP contribution < -0.4 is 0 Å². The van der Waals surface area contributed by atoms with Gasteiger partial charge in [-0.25, -0.2) is 4.79 Å². The van der Waals surface area contributed by atoms with Crippen LogP contribution in [-0.2, 0) is 20.5 Å². The van der Waals surface area contributed by atoms with Crippen LogP contribution in [0.25, 0.3) is 0 Å². The zero-order chi connectivity index (χ0) is 24.9. The van der Waals surface area contributed by atoms with Crippen LogP contribution in [0.5, 0.6) is 0 Å². The molecule has 2 heteroatoms. The molecule has 4 rings (SSSR count). The van der Waals surface area contributed by atoms with Crippen molar-refractivity contribution < 1.29 is 9.53 Å². The van der Waals surface area contributed by atoms with Crippen LogP contribution in [0.3, 0.4) is 0 Å². The Bertz CT molecular complexity index is 1170. The number of carbonyl (C=O) groups excluding carboxylic acids is 1. The zero-order valence-electron chi connectivity index (χ0n) is 21.5. The van der Waals surface area contributed by atoms with Crippen molar-refractivity contribution in [2.75, 3.05) is 0 Å². The number of hydrogen-bond acceptors (Lipinski definition) is 2. The van der Waals surface area contributed by atoms with Crippen LogP contribution in [0.15, 0.2) is 91.0 Å². The molecule has 0 aromatic heterocycles. The minimum Gasteiger partial charge on any atom is -0.441 e. The van der Waals surface area contributed by atoms with Gasteiger partial charge in [0, 0.05) is 27.7 Å². The standard InChI is InChI=1S/C32H36O2/c1-22(2)28(33)34-31(23-16-10-9-11-17-23)24-18-12-14-20-26(24)32(29(3,4)5,30(6,7)8)27-21-15-13-19-25(27)31/h9-21H,1H2,2-8H3. The molecule has 3 aromatic rings.